The molecule has 1 aromatic carbocycles. The van der Waals surface area contributed by atoms with E-state index in [1.54, 1.807) is 12.1 Å². The highest BCUT2D eigenvalue weighted by Gasteiger charge is 2.38. The summed E-state index contributed by atoms with van der Waals surface area (Å²) in [4.78, 5) is 12.5. The molecule has 3 aliphatic rings. The quantitative estimate of drug-likeness (QED) is 0.636. The Bertz CT molecular complexity index is 872. The Morgan fingerprint density at radius 3 is 2.85 bits per heavy atom. The van der Waals surface area contributed by atoms with Crippen LogP contribution in [0.1, 0.15) is 23.2 Å². The highest BCUT2D eigenvalue weighted by molar-refractivity contribution is 7.89. The standard InChI is InChI=1S/C18H21N3O4S/c22-18(20-19-17-12-13-3-2-6-16(13)17)14-4-1-5-15(11-14)26(23,24)21-7-9-25-10-8-21/h1-5,11,13,16H,6-10,12H2,(H,20,22). The van der Waals surface area contributed by atoms with E-state index in [1.807, 2.05) is 0 Å². The summed E-state index contributed by atoms with van der Waals surface area (Å²) in [6.45, 7) is 1.41. The molecule has 0 bridgehead atoms. The third-order valence-electron chi connectivity index (χ3n) is 5.17. The molecule has 0 aromatic heterocycles. The molecule has 2 aliphatic carbocycles. The first-order valence-electron chi connectivity index (χ1n) is 8.77. The molecule has 2 unspecified atom stereocenters. The zero-order valence-electron chi connectivity index (χ0n) is 14.3. The average molecular weight is 375 g/mol. The molecule has 1 aliphatic heterocycles. The Morgan fingerprint density at radius 2 is 2.08 bits per heavy atom. The lowest BCUT2D eigenvalue weighted by Crippen LogP contribution is -2.40. The Labute approximate surface area is 152 Å². The predicted octanol–water partition coefficient (Wildman–Crippen LogP) is 1.39. The summed E-state index contributed by atoms with van der Waals surface area (Å²) in [5.41, 5.74) is 3.85. The van der Waals surface area contributed by atoms with Gasteiger partial charge in [0.05, 0.1) is 18.1 Å². The second kappa shape index (κ2) is 6.94. The topological polar surface area (TPSA) is 88.1 Å². The van der Waals surface area contributed by atoms with Crippen molar-refractivity contribution < 1.29 is 17.9 Å². The highest BCUT2D eigenvalue weighted by atomic mass is 32.2. The van der Waals surface area contributed by atoms with Crippen molar-refractivity contribution in [1.29, 1.82) is 0 Å². The van der Waals surface area contributed by atoms with Gasteiger partial charge < -0.3 is 4.74 Å². The minimum Gasteiger partial charge on any atom is -0.379 e. The van der Waals surface area contributed by atoms with Crippen LogP contribution in [-0.2, 0) is 14.8 Å². The number of amides is 1. The molecular weight excluding hydrogens is 354 g/mol. The van der Waals surface area contributed by atoms with Crippen LogP contribution >= 0.6 is 0 Å². The summed E-state index contributed by atoms with van der Waals surface area (Å²) >= 11 is 0. The van der Waals surface area contributed by atoms with Crippen molar-refractivity contribution in [3.63, 3.8) is 0 Å². The van der Waals surface area contributed by atoms with Crippen molar-refractivity contribution in [3.8, 4) is 0 Å². The molecule has 2 atom stereocenters. The van der Waals surface area contributed by atoms with E-state index in [2.05, 4.69) is 22.7 Å². The Kier molecular flexibility index (Phi) is 4.64. The van der Waals surface area contributed by atoms with Gasteiger partial charge in [-0.2, -0.15) is 9.41 Å². The first-order valence-corrected chi connectivity index (χ1v) is 10.2. The predicted molar refractivity (Wildman–Crippen MR) is 96.3 cm³/mol. The van der Waals surface area contributed by atoms with E-state index in [1.165, 1.54) is 16.4 Å². The molecule has 2 fully saturated rings. The Balaban J connectivity index is 1.47. The van der Waals surface area contributed by atoms with Gasteiger partial charge in [-0.1, -0.05) is 18.2 Å². The maximum atomic E-state index is 12.7. The van der Waals surface area contributed by atoms with E-state index in [0.717, 1.165) is 18.6 Å². The van der Waals surface area contributed by atoms with Crippen LogP contribution in [0.4, 0.5) is 0 Å². The van der Waals surface area contributed by atoms with Crippen LogP contribution in [-0.4, -0.2) is 50.6 Å². The lowest BCUT2D eigenvalue weighted by Gasteiger charge is -2.31. The van der Waals surface area contributed by atoms with Crippen molar-refractivity contribution in [2.75, 3.05) is 26.3 Å². The SMILES string of the molecule is O=C(NN=C1CC2C=CCC12)c1cccc(S(=O)(=O)N2CCOCC2)c1. The van der Waals surface area contributed by atoms with Crippen molar-refractivity contribution in [2.24, 2.45) is 16.9 Å². The van der Waals surface area contributed by atoms with Gasteiger partial charge in [0.1, 0.15) is 0 Å². The van der Waals surface area contributed by atoms with E-state index in [9.17, 15) is 13.2 Å². The molecular formula is C18H21N3O4S. The number of hydrazone groups is 1. The smallest absolute Gasteiger partial charge is 0.271 e. The number of benzene rings is 1. The molecule has 0 radical (unpaired) electrons. The minimum atomic E-state index is -3.63. The highest BCUT2D eigenvalue weighted by Crippen LogP contribution is 2.40. The fourth-order valence-corrected chi connectivity index (χ4v) is 5.04. The number of ether oxygens (including phenoxy) is 1. The van der Waals surface area contributed by atoms with Gasteiger partial charge in [-0.05, 0) is 37.0 Å². The summed E-state index contributed by atoms with van der Waals surface area (Å²) in [5.74, 6) is 0.585. The third kappa shape index (κ3) is 3.20. The van der Waals surface area contributed by atoms with Gasteiger partial charge in [0.15, 0.2) is 0 Å². The molecule has 8 heteroatoms. The number of nitrogens with one attached hydrogen (secondary N) is 1. The van der Waals surface area contributed by atoms with Crippen LogP contribution < -0.4 is 5.43 Å². The second-order valence-electron chi connectivity index (χ2n) is 6.73. The molecule has 7 nitrogen and oxygen atoms in total. The lowest BCUT2D eigenvalue weighted by molar-refractivity contribution is 0.0730. The van der Waals surface area contributed by atoms with Gasteiger partial charge in [-0.15, -0.1) is 0 Å². The molecule has 1 aromatic rings. The number of allylic oxidation sites excluding steroid dienone is 2. The van der Waals surface area contributed by atoms with E-state index < -0.39 is 15.9 Å². The number of nitrogens with zero attached hydrogens (tertiary/aromatic N) is 2. The zero-order valence-corrected chi connectivity index (χ0v) is 15.1. The van der Waals surface area contributed by atoms with Crippen molar-refractivity contribution in [1.82, 2.24) is 9.73 Å². The van der Waals surface area contributed by atoms with Gasteiger partial charge in [0.2, 0.25) is 10.0 Å². The van der Waals surface area contributed by atoms with Crippen LogP contribution in [0.25, 0.3) is 0 Å². The number of sulfonamides is 1. The van der Waals surface area contributed by atoms with Gasteiger partial charge in [0, 0.05) is 30.3 Å². The monoisotopic (exact) mass is 375 g/mol. The molecule has 1 N–H and O–H groups in total. The van der Waals surface area contributed by atoms with E-state index in [0.29, 0.717) is 38.1 Å². The largest absolute Gasteiger partial charge is 0.379 e. The van der Waals surface area contributed by atoms with E-state index in [4.69, 9.17) is 4.74 Å². The Morgan fingerprint density at radius 1 is 1.27 bits per heavy atom. The van der Waals surface area contributed by atoms with Crippen molar-refractivity contribution >= 4 is 21.6 Å². The normalized spacial score (nSPS) is 27.2. The number of rotatable bonds is 4. The van der Waals surface area contributed by atoms with E-state index in [-0.39, 0.29) is 10.5 Å². The summed E-state index contributed by atoms with van der Waals surface area (Å²) in [5, 5.41) is 4.23. The molecule has 1 saturated carbocycles. The molecule has 4 rings (SSSR count). The number of hydrogen-bond donors (Lipinski definition) is 1. The van der Waals surface area contributed by atoms with Crippen molar-refractivity contribution in [3.05, 3.63) is 42.0 Å². The maximum absolute atomic E-state index is 12.7. The summed E-state index contributed by atoms with van der Waals surface area (Å²) in [6.07, 6.45) is 6.21. The van der Waals surface area contributed by atoms with Gasteiger partial charge >= 0.3 is 0 Å². The molecule has 1 saturated heterocycles. The minimum absolute atomic E-state index is 0.114. The zero-order chi connectivity index (χ0) is 18.1. The fourth-order valence-electron chi connectivity index (χ4n) is 3.58. The lowest BCUT2D eigenvalue weighted by atomic mass is 9.74. The number of carbonyl (C=O) groups excluding carboxylic acids is 1. The summed E-state index contributed by atoms with van der Waals surface area (Å²) in [7, 11) is -3.63. The van der Waals surface area contributed by atoms with Gasteiger partial charge in [0.25, 0.3) is 5.91 Å². The fraction of sp³-hybridized carbons (Fsp3) is 0.444. The average Bonchev–Trinajstić information content (AvgIpc) is 3.03. The third-order valence-corrected chi connectivity index (χ3v) is 7.06. The molecule has 0 spiro atoms. The van der Waals surface area contributed by atoms with E-state index >= 15 is 0 Å². The molecule has 138 valence electrons. The first kappa shape index (κ1) is 17.4. The van der Waals surface area contributed by atoms with Crippen molar-refractivity contribution in [2.45, 2.75) is 17.7 Å². The van der Waals surface area contributed by atoms with Crippen LogP contribution in [0.2, 0.25) is 0 Å². The summed E-state index contributed by atoms with van der Waals surface area (Å²) < 4.78 is 32.0. The van der Waals surface area contributed by atoms with Crippen LogP contribution in [0.5, 0.6) is 0 Å². The summed E-state index contributed by atoms with van der Waals surface area (Å²) in [6, 6.07) is 6.08. The number of morpholine rings is 1. The van der Waals surface area contributed by atoms with Crippen LogP contribution in [0.3, 0.4) is 0 Å². The Hall–Kier alpha value is -2.03. The number of fused-ring (bicyclic) bond motifs is 1. The molecule has 1 amide bonds. The number of hydrogen-bond acceptors (Lipinski definition) is 5. The van der Waals surface area contributed by atoms with Crippen LogP contribution in [0, 0.1) is 11.8 Å². The second-order valence-corrected chi connectivity index (χ2v) is 8.66. The van der Waals surface area contributed by atoms with Gasteiger partial charge in [-0.25, -0.2) is 13.8 Å². The van der Waals surface area contributed by atoms with Gasteiger partial charge in [-0.3, -0.25) is 4.79 Å². The molecule has 26 heavy (non-hydrogen) atoms. The molecule has 1 heterocycles. The first-order chi connectivity index (χ1) is 12.6. The maximum Gasteiger partial charge on any atom is 0.271 e. The van der Waals surface area contributed by atoms with Crippen LogP contribution in [0.15, 0.2) is 46.4 Å². The number of carbonyl (C=O) groups is 1.